The first-order valence-corrected chi connectivity index (χ1v) is 4.59. The number of nitriles is 1. The van der Waals surface area contributed by atoms with Gasteiger partial charge in [0.1, 0.15) is 5.69 Å². The molecule has 0 N–H and O–H groups in total. The molecule has 0 aliphatic carbocycles. The molecule has 1 rings (SSSR count). The third kappa shape index (κ3) is 2.45. The van der Waals surface area contributed by atoms with Crippen LogP contribution in [0.1, 0.15) is 6.42 Å². The molecule has 1 aromatic rings. The lowest BCUT2D eigenvalue weighted by Gasteiger charge is -2.17. The molecule has 16 heavy (non-hydrogen) atoms. The number of hydrogen-bond donors (Lipinski definition) is 0. The van der Waals surface area contributed by atoms with Gasteiger partial charge < -0.3 is 4.90 Å². The second-order valence-corrected chi connectivity index (χ2v) is 3.19. The number of nitrogens with zero attached hydrogens (tertiary/aromatic N) is 3. The number of halogens is 1. The van der Waals surface area contributed by atoms with Crippen LogP contribution in [0.5, 0.6) is 0 Å². The molecule has 0 saturated carbocycles. The Kier molecular flexibility index (Phi) is 3.78. The average molecular weight is 223 g/mol. The minimum atomic E-state index is -0.869. The van der Waals surface area contributed by atoms with E-state index in [1.165, 1.54) is 17.0 Å². The van der Waals surface area contributed by atoms with E-state index in [9.17, 15) is 14.5 Å². The Bertz CT molecular complexity index is 442. The summed E-state index contributed by atoms with van der Waals surface area (Å²) in [5, 5.41) is 19.1. The van der Waals surface area contributed by atoms with Crippen LogP contribution in [0.2, 0.25) is 0 Å². The van der Waals surface area contributed by atoms with E-state index in [1.54, 1.807) is 7.05 Å². The van der Waals surface area contributed by atoms with Gasteiger partial charge in [-0.25, -0.2) is 0 Å². The van der Waals surface area contributed by atoms with Crippen LogP contribution in [0.15, 0.2) is 18.2 Å². The van der Waals surface area contributed by atoms with Crippen molar-refractivity contribution in [3.63, 3.8) is 0 Å². The summed E-state index contributed by atoms with van der Waals surface area (Å²) in [7, 11) is 1.58. The number of hydrogen-bond acceptors (Lipinski definition) is 4. The fourth-order valence-electron chi connectivity index (χ4n) is 1.33. The molecule has 0 bridgehead atoms. The van der Waals surface area contributed by atoms with Crippen LogP contribution in [-0.2, 0) is 0 Å². The summed E-state index contributed by atoms with van der Waals surface area (Å²) in [5.41, 5.74) is -0.372. The van der Waals surface area contributed by atoms with Crippen molar-refractivity contribution >= 4 is 11.4 Å². The van der Waals surface area contributed by atoms with E-state index in [4.69, 9.17) is 5.26 Å². The fourth-order valence-corrected chi connectivity index (χ4v) is 1.33. The Morgan fingerprint density at radius 3 is 2.88 bits per heavy atom. The molecule has 5 nitrogen and oxygen atoms in total. The molecule has 0 saturated heterocycles. The van der Waals surface area contributed by atoms with E-state index >= 15 is 0 Å². The summed E-state index contributed by atoms with van der Waals surface area (Å²) in [6.07, 6.45) is 0.226. The van der Waals surface area contributed by atoms with E-state index in [0.29, 0.717) is 6.54 Å². The lowest BCUT2D eigenvalue weighted by Crippen LogP contribution is -2.19. The Labute approximate surface area is 91.9 Å². The van der Waals surface area contributed by atoms with Crippen molar-refractivity contribution in [2.75, 3.05) is 18.5 Å². The molecule has 1 aromatic carbocycles. The first-order valence-electron chi connectivity index (χ1n) is 4.59. The molecular formula is C10H10FN3O2. The number of benzene rings is 1. The summed E-state index contributed by atoms with van der Waals surface area (Å²) in [5.74, 6) is -0.869. The zero-order valence-corrected chi connectivity index (χ0v) is 8.68. The lowest BCUT2D eigenvalue weighted by atomic mass is 10.2. The van der Waals surface area contributed by atoms with Crippen LogP contribution in [0.3, 0.4) is 0 Å². The van der Waals surface area contributed by atoms with Crippen molar-refractivity contribution in [3.8, 4) is 6.07 Å². The van der Waals surface area contributed by atoms with Crippen molar-refractivity contribution in [1.82, 2.24) is 0 Å². The molecule has 84 valence electrons. The maximum Gasteiger partial charge on any atom is 0.327 e. The van der Waals surface area contributed by atoms with Crippen LogP contribution < -0.4 is 4.90 Å². The number of rotatable bonds is 4. The maximum atomic E-state index is 13.3. The third-order valence-corrected chi connectivity index (χ3v) is 2.12. The molecule has 0 aliphatic heterocycles. The number of anilines is 1. The SMILES string of the molecule is CN(CCC#N)c1cccc(F)c1[N+](=O)[O-]. The zero-order chi connectivity index (χ0) is 12.1. The topological polar surface area (TPSA) is 70.2 Å². The van der Waals surface area contributed by atoms with Gasteiger partial charge in [0, 0.05) is 13.6 Å². The van der Waals surface area contributed by atoms with Gasteiger partial charge in [0.05, 0.1) is 17.4 Å². The van der Waals surface area contributed by atoms with Gasteiger partial charge in [-0.1, -0.05) is 6.07 Å². The van der Waals surface area contributed by atoms with E-state index in [1.807, 2.05) is 6.07 Å². The highest BCUT2D eigenvalue weighted by atomic mass is 19.1. The zero-order valence-electron chi connectivity index (χ0n) is 8.68. The normalized spacial score (nSPS) is 9.56. The fraction of sp³-hybridized carbons (Fsp3) is 0.300. The van der Waals surface area contributed by atoms with E-state index in [2.05, 4.69) is 0 Å². The molecule has 0 spiro atoms. The number of nitro benzene ring substituents is 1. The third-order valence-electron chi connectivity index (χ3n) is 2.12. The van der Waals surface area contributed by atoms with Crippen LogP contribution in [0.4, 0.5) is 15.8 Å². The predicted molar refractivity (Wildman–Crippen MR) is 56.6 cm³/mol. The van der Waals surface area contributed by atoms with Crippen molar-refractivity contribution in [1.29, 1.82) is 5.26 Å². The van der Waals surface area contributed by atoms with Crippen molar-refractivity contribution in [3.05, 3.63) is 34.1 Å². The van der Waals surface area contributed by atoms with Gasteiger partial charge in [-0.05, 0) is 12.1 Å². The molecule has 0 fully saturated rings. The standard InChI is InChI=1S/C10H10FN3O2/c1-13(7-3-6-12)9-5-2-4-8(11)10(9)14(15)16/h2,4-5H,3,7H2,1H3. The average Bonchev–Trinajstić information content (AvgIpc) is 2.24. The summed E-state index contributed by atoms with van der Waals surface area (Å²) in [6, 6.07) is 5.83. The second kappa shape index (κ2) is 5.07. The first kappa shape index (κ1) is 11.9. The first-order chi connectivity index (χ1) is 7.57. The Hall–Kier alpha value is -2.16. The van der Waals surface area contributed by atoms with Crippen LogP contribution in [0, 0.1) is 27.3 Å². The minimum absolute atomic E-state index is 0.181. The number of nitro groups is 1. The number of para-hydroxylation sites is 1. The molecule has 0 heterocycles. The molecular weight excluding hydrogens is 213 g/mol. The highest BCUT2D eigenvalue weighted by molar-refractivity contribution is 5.63. The Morgan fingerprint density at radius 2 is 2.31 bits per heavy atom. The van der Waals surface area contributed by atoms with Crippen molar-refractivity contribution in [2.24, 2.45) is 0 Å². The summed E-state index contributed by atoms with van der Waals surface area (Å²) in [4.78, 5) is 11.4. The van der Waals surface area contributed by atoms with Crippen LogP contribution in [-0.4, -0.2) is 18.5 Å². The van der Waals surface area contributed by atoms with Gasteiger partial charge in [0.25, 0.3) is 0 Å². The van der Waals surface area contributed by atoms with E-state index in [0.717, 1.165) is 6.07 Å². The lowest BCUT2D eigenvalue weighted by molar-refractivity contribution is -0.386. The minimum Gasteiger partial charge on any atom is -0.368 e. The summed E-state index contributed by atoms with van der Waals surface area (Å²) in [6.45, 7) is 0.320. The second-order valence-electron chi connectivity index (χ2n) is 3.19. The Balaban J connectivity index is 3.08. The predicted octanol–water partition coefficient (Wildman–Crippen LogP) is 2.08. The highest BCUT2D eigenvalue weighted by Crippen LogP contribution is 2.29. The van der Waals surface area contributed by atoms with Crippen LogP contribution in [0.25, 0.3) is 0 Å². The van der Waals surface area contributed by atoms with Crippen molar-refractivity contribution in [2.45, 2.75) is 6.42 Å². The highest BCUT2D eigenvalue weighted by Gasteiger charge is 2.21. The van der Waals surface area contributed by atoms with E-state index < -0.39 is 16.4 Å². The quantitative estimate of drug-likeness (QED) is 0.578. The maximum absolute atomic E-state index is 13.3. The molecule has 0 aliphatic rings. The van der Waals surface area contributed by atoms with Gasteiger partial charge in [-0.3, -0.25) is 10.1 Å². The molecule has 0 atom stereocenters. The van der Waals surface area contributed by atoms with Gasteiger partial charge in [0.15, 0.2) is 0 Å². The van der Waals surface area contributed by atoms with Gasteiger partial charge >= 0.3 is 5.69 Å². The van der Waals surface area contributed by atoms with Gasteiger partial charge in [-0.2, -0.15) is 9.65 Å². The summed E-state index contributed by atoms with van der Waals surface area (Å²) >= 11 is 0. The smallest absolute Gasteiger partial charge is 0.327 e. The summed E-state index contributed by atoms with van der Waals surface area (Å²) < 4.78 is 13.3. The largest absolute Gasteiger partial charge is 0.368 e. The molecule has 6 heteroatoms. The molecule has 0 amide bonds. The molecule has 0 unspecified atom stereocenters. The van der Waals surface area contributed by atoms with E-state index in [-0.39, 0.29) is 12.1 Å². The molecule has 0 aromatic heterocycles. The van der Waals surface area contributed by atoms with Crippen molar-refractivity contribution < 1.29 is 9.31 Å². The van der Waals surface area contributed by atoms with Gasteiger partial charge in [-0.15, -0.1) is 0 Å². The van der Waals surface area contributed by atoms with Crippen LogP contribution >= 0.6 is 0 Å². The Morgan fingerprint density at radius 1 is 1.62 bits per heavy atom. The van der Waals surface area contributed by atoms with Gasteiger partial charge in [0.2, 0.25) is 5.82 Å². The monoisotopic (exact) mass is 223 g/mol. The molecule has 0 radical (unpaired) electrons.